The first-order valence-electron chi connectivity index (χ1n) is 9.92. The molecule has 2 aromatic rings. The molecule has 1 fully saturated rings. The van der Waals surface area contributed by atoms with Gasteiger partial charge in [-0.05, 0) is 31.2 Å². The molecule has 0 radical (unpaired) electrons. The first-order chi connectivity index (χ1) is 15.2. The van der Waals surface area contributed by atoms with Gasteiger partial charge in [0.15, 0.2) is 23.7 Å². The van der Waals surface area contributed by atoms with Crippen LogP contribution >= 0.6 is 11.8 Å². The Bertz CT molecular complexity index is 965. The molecule has 2 aromatic heterocycles. The highest BCUT2D eigenvalue weighted by atomic mass is 32.2. The summed E-state index contributed by atoms with van der Waals surface area (Å²) in [6.45, 7) is 5.64. The van der Waals surface area contributed by atoms with Gasteiger partial charge in [-0.2, -0.15) is 0 Å². The third-order valence-corrected chi connectivity index (χ3v) is 5.71. The van der Waals surface area contributed by atoms with Gasteiger partial charge in [0.2, 0.25) is 0 Å². The minimum atomic E-state index is -1.00. The number of hydrogen-bond donors (Lipinski definition) is 0. The number of carbonyl (C=O) groups excluding carboxylic acids is 3. The molecule has 1 saturated heterocycles. The van der Waals surface area contributed by atoms with E-state index in [-0.39, 0.29) is 0 Å². The second-order valence-electron chi connectivity index (χ2n) is 7.18. The molecule has 10 heteroatoms. The zero-order chi connectivity index (χ0) is 23.3. The molecule has 0 aliphatic carbocycles. The highest BCUT2D eigenvalue weighted by Crippen LogP contribution is 2.34. The Kier molecular flexibility index (Phi) is 7.68. The van der Waals surface area contributed by atoms with E-state index < -0.39 is 41.7 Å². The second-order valence-corrected chi connectivity index (χ2v) is 8.31. The van der Waals surface area contributed by atoms with Crippen LogP contribution in [0.3, 0.4) is 0 Å². The summed E-state index contributed by atoms with van der Waals surface area (Å²) in [6, 6.07) is 7.37. The van der Waals surface area contributed by atoms with Crippen molar-refractivity contribution in [1.82, 2.24) is 9.97 Å². The van der Waals surface area contributed by atoms with Crippen molar-refractivity contribution in [3.8, 4) is 17.0 Å². The largest absolute Gasteiger partial charge is 0.474 e. The van der Waals surface area contributed by atoms with Crippen molar-refractivity contribution in [3.05, 3.63) is 42.4 Å². The molecule has 9 nitrogen and oxygen atoms in total. The Hall–Kier alpha value is -3.14. The molecule has 32 heavy (non-hydrogen) atoms. The minimum Gasteiger partial charge on any atom is -0.474 e. The minimum absolute atomic E-state index is 0.292. The summed E-state index contributed by atoms with van der Waals surface area (Å²) in [5.41, 5.74) is 1.80. The van der Waals surface area contributed by atoms with E-state index in [0.29, 0.717) is 11.5 Å². The molecule has 0 unspecified atom stereocenters. The van der Waals surface area contributed by atoms with Gasteiger partial charge in [-0.1, -0.05) is 0 Å². The van der Waals surface area contributed by atoms with E-state index >= 15 is 0 Å². The Balaban J connectivity index is 1.80. The van der Waals surface area contributed by atoms with Crippen LogP contribution in [0.1, 0.15) is 26.5 Å². The van der Waals surface area contributed by atoms with Crippen LogP contribution in [-0.2, 0) is 28.6 Å². The molecule has 170 valence electrons. The maximum atomic E-state index is 11.7. The zero-order valence-corrected chi connectivity index (χ0v) is 19.0. The summed E-state index contributed by atoms with van der Waals surface area (Å²) >= 11 is 1.29. The second kappa shape index (κ2) is 10.4. The Morgan fingerprint density at radius 3 is 2.12 bits per heavy atom. The first-order valence-corrected chi connectivity index (χ1v) is 11.0. The summed E-state index contributed by atoms with van der Waals surface area (Å²) in [4.78, 5) is 43.6. The lowest BCUT2D eigenvalue weighted by Crippen LogP contribution is -2.55. The Labute approximate surface area is 189 Å². The van der Waals surface area contributed by atoms with Gasteiger partial charge in [0, 0.05) is 44.0 Å². The number of ether oxygens (including phenoxy) is 4. The zero-order valence-electron chi connectivity index (χ0n) is 18.1. The van der Waals surface area contributed by atoms with Crippen molar-refractivity contribution in [2.45, 2.75) is 51.4 Å². The van der Waals surface area contributed by atoms with Crippen LogP contribution in [0, 0.1) is 6.92 Å². The Morgan fingerprint density at radius 1 is 0.875 bits per heavy atom. The van der Waals surface area contributed by atoms with Gasteiger partial charge < -0.3 is 18.9 Å². The number of nitrogens with zero attached hydrogens (tertiary/aromatic N) is 2. The fourth-order valence-electron chi connectivity index (χ4n) is 3.18. The van der Waals surface area contributed by atoms with E-state index in [1.165, 1.54) is 32.5 Å². The molecule has 0 spiro atoms. The molecule has 0 N–H and O–H groups in total. The van der Waals surface area contributed by atoms with Gasteiger partial charge in [0.25, 0.3) is 0 Å². The molecule has 0 amide bonds. The van der Waals surface area contributed by atoms with Crippen LogP contribution in [0.2, 0.25) is 0 Å². The Morgan fingerprint density at radius 2 is 1.56 bits per heavy atom. The number of rotatable bonds is 6. The van der Waals surface area contributed by atoms with Gasteiger partial charge >= 0.3 is 17.9 Å². The highest BCUT2D eigenvalue weighted by Gasteiger charge is 2.47. The average molecular weight is 461 g/mol. The number of pyridine rings is 2. The van der Waals surface area contributed by atoms with Gasteiger partial charge in [-0.3, -0.25) is 24.4 Å². The quantitative estimate of drug-likeness (QED) is 0.471. The van der Waals surface area contributed by atoms with E-state index in [9.17, 15) is 14.4 Å². The van der Waals surface area contributed by atoms with Crippen LogP contribution in [0.25, 0.3) is 11.3 Å². The van der Waals surface area contributed by atoms with Crippen molar-refractivity contribution in [2.24, 2.45) is 0 Å². The lowest BCUT2D eigenvalue weighted by molar-refractivity contribution is -0.186. The van der Waals surface area contributed by atoms with Crippen LogP contribution < -0.4 is 4.74 Å². The standard InChI is InChI=1S/C22H24N2O7S/c1-12-5-6-16(9-23-12)18-8-7-17(10-24-18)31-22-21(30-15(4)27)20(29-14(3)26)19(11-32-22)28-13(2)25/h5-10,19-22H,11H2,1-4H3/t19-,20+,21-,22+/m1/s1. The highest BCUT2D eigenvalue weighted by molar-refractivity contribution is 7.99. The molecule has 3 heterocycles. The van der Waals surface area contributed by atoms with Crippen molar-refractivity contribution in [2.75, 3.05) is 5.75 Å². The molecule has 0 bridgehead atoms. The maximum Gasteiger partial charge on any atom is 0.303 e. The summed E-state index contributed by atoms with van der Waals surface area (Å²) in [5.74, 6) is -0.964. The van der Waals surface area contributed by atoms with Crippen molar-refractivity contribution < 1.29 is 33.3 Å². The fraction of sp³-hybridized carbons (Fsp3) is 0.409. The lowest BCUT2D eigenvalue weighted by Gasteiger charge is -2.39. The van der Waals surface area contributed by atoms with E-state index in [0.717, 1.165) is 17.0 Å². The third kappa shape index (κ3) is 6.19. The molecule has 4 atom stereocenters. The number of aryl methyl sites for hydroxylation is 1. The molecule has 1 aliphatic heterocycles. The normalized spacial score (nSPS) is 22.5. The molecule has 3 rings (SSSR count). The van der Waals surface area contributed by atoms with E-state index in [1.54, 1.807) is 24.5 Å². The summed E-state index contributed by atoms with van der Waals surface area (Å²) < 4.78 is 22.1. The van der Waals surface area contributed by atoms with Gasteiger partial charge in [0.1, 0.15) is 5.75 Å². The van der Waals surface area contributed by atoms with E-state index in [2.05, 4.69) is 9.97 Å². The van der Waals surface area contributed by atoms with E-state index in [1.807, 2.05) is 19.1 Å². The first kappa shape index (κ1) is 23.5. The van der Waals surface area contributed by atoms with Crippen LogP contribution in [0.4, 0.5) is 0 Å². The average Bonchev–Trinajstić information content (AvgIpc) is 2.72. The number of esters is 3. The molecular formula is C22H24N2O7S. The SMILES string of the molecule is CC(=O)O[C@@H]1[C@@H](OC(C)=O)[C@@H](Oc2ccc(-c3ccc(C)nc3)nc2)SC[C@H]1OC(C)=O. The lowest BCUT2D eigenvalue weighted by atomic mass is 10.1. The molecule has 1 aliphatic rings. The predicted octanol–water partition coefficient (Wildman–Crippen LogP) is 2.70. The smallest absolute Gasteiger partial charge is 0.303 e. The van der Waals surface area contributed by atoms with Gasteiger partial charge in [-0.25, -0.2) is 0 Å². The van der Waals surface area contributed by atoms with Gasteiger partial charge in [-0.15, -0.1) is 11.8 Å². The molecule has 0 aromatic carbocycles. The number of carbonyl (C=O) groups is 3. The van der Waals surface area contributed by atoms with Crippen LogP contribution in [-0.4, -0.2) is 57.4 Å². The predicted molar refractivity (Wildman–Crippen MR) is 116 cm³/mol. The number of aromatic nitrogens is 2. The summed E-state index contributed by atoms with van der Waals surface area (Å²) in [7, 11) is 0. The third-order valence-electron chi connectivity index (χ3n) is 4.50. The van der Waals surface area contributed by atoms with Gasteiger partial charge in [0.05, 0.1) is 11.9 Å². The summed E-state index contributed by atoms with van der Waals surface area (Å²) in [6.07, 6.45) is 0.530. The van der Waals surface area contributed by atoms with Crippen molar-refractivity contribution in [1.29, 1.82) is 0 Å². The van der Waals surface area contributed by atoms with Crippen molar-refractivity contribution in [3.63, 3.8) is 0 Å². The topological polar surface area (TPSA) is 114 Å². The fourth-order valence-corrected chi connectivity index (χ4v) is 4.40. The number of hydrogen-bond acceptors (Lipinski definition) is 10. The van der Waals surface area contributed by atoms with Crippen LogP contribution in [0.15, 0.2) is 36.7 Å². The summed E-state index contributed by atoms with van der Waals surface area (Å²) in [5, 5.41) is 0. The molecule has 0 saturated carbocycles. The van der Waals surface area contributed by atoms with Crippen LogP contribution in [0.5, 0.6) is 5.75 Å². The maximum absolute atomic E-state index is 11.7. The molecular weight excluding hydrogens is 436 g/mol. The van der Waals surface area contributed by atoms with E-state index in [4.69, 9.17) is 18.9 Å². The van der Waals surface area contributed by atoms with Crippen molar-refractivity contribution >= 4 is 29.7 Å². The number of thioether (sulfide) groups is 1. The monoisotopic (exact) mass is 460 g/mol.